The molecule has 2 aromatic rings. The summed E-state index contributed by atoms with van der Waals surface area (Å²) in [7, 11) is 2.02. The van der Waals surface area contributed by atoms with E-state index in [1.165, 1.54) is 30.2 Å². The molecule has 2 N–H and O–H groups in total. The van der Waals surface area contributed by atoms with Gasteiger partial charge in [0.2, 0.25) is 0 Å². The van der Waals surface area contributed by atoms with Gasteiger partial charge < -0.3 is 15.0 Å². The number of aromatic nitrogens is 1. The zero-order valence-corrected chi connectivity index (χ0v) is 10.1. The van der Waals surface area contributed by atoms with Gasteiger partial charge in [0.05, 0.1) is 5.52 Å². The molecule has 1 saturated carbocycles. The highest BCUT2D eigenvalue weighted by Crippen LogP contribution is 2.25. The summed E-state index contributed by atoms with van der Waals surface area (Å²) < 4.78 is 2.08. The first kappa shape index (κ1) is 10.7. The van der Waals surface area contributed by atoms with E-state index in [2.05, 4.69) is 16.1 Å². The summed E-state index contributed by atoms with van der Waals surface area (Å²) in [6.07, 6.45) is 6.13. The summed E-state index contributed by atoms with van der Waals surface area (Å²) >= 11 is 0. The van der Waals surface area contributed by atoms with Crippen LogP contribution in [0.25, 0.3) is 10.9 Å². The lowest BCUT2D eigenvalue weighted by molar-refractivity contribution is 0.338. The average Bonchev–Trinajstić information content (AvgIpc) is 2.54. The van der Waals surface area contributed by atoms with E-state index in [1.54, 1.807) is 6.07 Å². The summed E-state index contributed by atoms with van der Waals surface area (Å²) in [6, 6.07) is 6.29. The summed E-state index contributed by atoms with van der Waals surface area (Å²) in [4.78, 5) is 0. The second-order valence-corrected chi connectivity index (χ2v) is 4.98. The molecule has 3 heteroatoms. The molecule has 0 bridgehead atoms. The average molecular weight is 230 g/mol. The van der Waals surface area contributed by atoms with Crippen molar-refractivity contribution in [1.29, 1.82) is 0 Å². The first-order valence-corrected chi connectivity index (χ1v) is 6.24. The molecule has 1 aromatic heterocycles. The molecule has 0 atom stereocenters. The minimum Gasteiger partial charge on any atom is -0.508 e. The molecule has 1 aliphatic rings. The number of phenolic OH excluding ortho intramolecular Hbond substituents is 1. The summed E-state index contributed by atoms with van der Waals surface area (Å²) in [6.45, 7) is 0.923. The van der Waals surface area contributed by atoms with Crippen molar-refractivity contribution in [2.75, 3.05) is 0 Å². The van der Waals surface area contributed by atoms with Crippen molar-refractivity contribution in [2.45, 2.75) is 31.8 Å². The standard InChI is InChI=1S/C14H18N2O/c1-16-9-10(8-15-11-3-2-4-11)13-6-5-12(17)7-14(13)16/h5-7,9,11,15,17H,2-4,8H2,1H3. The SMILES string of the molecule is Cn1cc(CNC2CCC2)c2ccc(O)cc21. The predicted molar refractivity (Wildman–Crippen MR) is 69.1 cm³/mol. The molecular weight excluding hydrogens is 212 g/mol. The van der Waals surface area contributed by atoms with Gasteiger partial charge in [-0.15, -0.1) is 0 Å². The van der Waals surface area contributed by atoms with Gasteiger partial charge >= 0.3 is 0 Å². The fourth-order valence-corrected chi connectivity index (χ4v) is 2.46. The van der Waals surface area contributed by atoms with Gasteiger partial charge in [0.15, 0.2) is 0 Å². The van der Waals surface area contributed by atoms with Gasteiger partial charge in [0, 0.05) is 37.3 Å². The van der Waals surface area contributed by atoms with Crippen LogP contribution in [0.3, 0.4) is 0 Å². The van der Waals surface area contributed by atoms with E-state index >= 15 is 0 Å². The Kier molecular flexibility index (Phi) is 2.56. The molecule has 0 spiro atoms. The number of aryl methyl sites for hydroxylation is 1. The Hall–Kier alpha value is -1.48. The molecule has 1 fully saturated rings. The van der Waals surface area contributed by atoms with E-state index in [1.807, 2.05) is 19.2 Å². The summed E-state index contributed by atoms with van der Waals surface area (Å²) in [5.74, 6) is 0.331. The first-order chi connectivity index (χ1) is 8.24. The highest BCUT2D eigenvalue weighted by atomic mass is 16.3. The fraction of sp³-hybridized carbons (Fsp3) is 0.429. The van der Waals surface area contributed by atoms with Crippen LogP contribution in [0.1, 0.15) is 24.8 Å². The molecule has 3 nitrogen and oxygen atoms in total. The lowest BCUT2D eigenvalue weighted by atomic mass is 9.93. The van der Waals surface area contributed by atoms with Gasteiger partial charge in [-0.1, -0.05) is 6.42 Å². The monoisotopic (exact) mass is 230 g/mol. The van der Waals surface area contributed by atoms with Crippen LogP contribution < -0.4 is 5.32 Å². The van der Waals surface area contributed by atoms with Crippen LogP contribution in [0.2, 0.25) is 0 Å². The Morgan fingerprint density at radius 1 is 1.41 bits per heavy atom. The molecule has 0 radical (unpaired) electrons. The van der Waals surface area contributed by atoms with E-state index in [-0.39, 0.29) is 0 Å². The van der Waals surface area contributed by atoms with Gasteiger partial charge in [-0.05, 0) is 30.5 Å². The van der Waals surface area contributed by atoms with E-state index < -0.39 is 0 Å². The first-order valence-electron chi connectivity index (χ1n) is 6.24. The van der Waals surface area contributed by atoms with Crippen molar-refractivity contribution >= 4 is 10.9 Å². The van der Waals surface area contributed by atoms with Gasteiger partial charge in [0.25, 0.3) is 0 Å². The Morgan fingerprint density at radius 3 is 2.94 bits per heavy atom. The van der Waals surface area contributed by atoms with Crippen molar-refractivity contribution in [2.24, 2.45) is 7.05 Å². The Labute approximate surface area is 101 Å². The Morgan fingerprint density at radius 2 is 2.24 bits per heavy atom. The minimum absolute atomic E-state index is 0.331. The van der Waals surface area contributed by atoms with Gasteiger partial charge in [-0.2, -0.15) is 0 Å². The minimum atomic E-state index is 0.331. The molecular formula is C14H18N2O. The van der Waals surface area contributed by atoms with Crippen LogP contribution in [-0.2, 0) is 13.6 Å². The summed E-state index contributed by atoms with van der Waals surface area (Å²) in [5, 5.41) is 14.3. The third-order valence-electron chi connectivity index (χ3n) is 3.74. The number of nitrogens with one attached hydrogen (secondary N) is 1. The molecule has 1 aliphatic carbocycles. The highest BCUT2D eigenvalue weighted by Gasteiger charge is 2.17. The quantitative estimate of drug-likeness (QED) is 0.850. The van der Waals surface area contributed by atoms with Crippen molar-refractivity contribution in [3.8, 4) is 5.75 Å². The van der Waals surface area contributed by atoms with E-state index in [0.29, 0.717) is 11.8 Å². The van der Waals surface area contributed by atoms with Crippen LogP contribution >= 0.6 is 0 Å². The maximum atomic E-state index is 9.50. The van der Waals surface area contributed by atoms with Gasteiger partial charge in [-0.25, -0.2) is 0 Å². The van der Waals surface area contributed by atoms with Crippen LogP contribution in [-0.4, -0.2) is 15.7 Å². The maximum Gasteiger partial charge on any atom is 0.117 e. The molecule has 0 aliphatic heterocycles. The Bertz CT molecular complexity index is 540. The van der Waals surface area contributed by atoms with Crippen LogP contribution in [0.4, 0.5) is 0 Å². The molecule has 0 amide bonds. The van der Waals surface area contributed by atoms with Crippen molar-refractivity contribution in [3.05, 3.63) is 30.0 Å². The molecule has 1 heterocycles. The molecule has 3 rings (SSSR count). The zero-order chi connectivity index (χ0) is 11.8. The third-order valence-corrected chi connectivity index (χ3v) is 3.74. The Balaban J connectivity index is 1.88. The van der Waals surface area contributed by atoms with Crippen molar-refractivity contribution < 1.29 is 5.11 Å². The van der Waals surface area contributed by atoms with E-state index in [9.17, 15) is 5.11 Å². The van der Waals surface area contributed by atoms with Gasteiger partial charge in [0.1, 0.15) is 5.75 Å². The van der Waals surface area contributed by atoms with E-state index in [0.717, 1.165) is 12.1 Å². The molecule has 1 aromatic carbocycles. The number of aromatic hydroxyl groups is 1. The van der Waals surface area contributed by atoms with Crippen molar-refractivity contribution in [3.63, 3.8) is 0 Å². The molecule has 0 unspecified atom stereocenters. The topological polar surface area (TPSA) is 37.2 Å². The number of benzene rings is 1. The van der Waals surface area contributed by atoms with Crippen LogP contribution in [0, 0.1) is 0 Å². The number of hydrogen-bond donors (Lipinski definition) is 2. The normalized spacial score (nSPS) is 16.3. The number of phenols is 1. The predicted octanol–water partition coefficient (Wildman–Crippen LogP) is 2.53. The molecule has 17 heavy (non-hydrogen) atoms. The highest BCUT2D eigenvalue weighted by molar-refractivity contribution is 5.85. The maximum absolute atomic E-state index is 9.50. The van der Waals surface area contributed by atoms with Crippen LogP contribution in [0.5, 0.6) is 5.75 Å². The molecule has 90 valence electrons. The smallest absolute Gasteiger partial charge is 0.117 e. The van der Waals surface area contributed by atoms with Gasteiger partial charge in [-0.3, -0.25) is 0 Å². The van der Waals surface area contributed by atoms with Crippen LogP contribution in [0.15, 0.2) is 24.4 Å². The number of hydrogen-bond acceptors (Lipinski definition) is 2. The largest absolute Gasteiger partial charge is 0.508 e. The second kappa shape index (κ2) is 4.08. The lowest BCUT2D eigenvalue weighted by Gasteiger charge is -2.26. The fourth-order valence-electron chi connectivity index (χ4n) is 2.46. The third kappa shape index (κ3) is 1.91. The second-order valence-electron chi connectivity index (χ2n) is 4.98. The summed E-state index contributed by atoms with van der Waals surface area (Å²) in [5.41, 5.74) is 2.41. The zero-order valence-electron chi connectivity index (χ0n) is 10.1. The lowest BCUT2D eigenvalue weighted by Crippen LogP contribution is -2.34. The number of nitrogens with zero attached hydrogens (tertiary/aromatic N) is 1. The van der Waals surface area contributed by atoms with E-state index in [4.69, 9.17) is 0 Å². The number of rotatable bonds is 3. The van der Waals surface area contributed by atoms with Crippen molar-refractivity contribution in [1.82, 2.24) is 9.88 Å². The number of fused-ring (bicyclic) bond motifs is 1. The molecule has 0 saturated heterocycles.